The van der Waals surface area contributed by atoms with Crippen molar-refractivity contribution in [3.8, 4) is 11.5 Å². The van der Waals surface area contributed by atoms with E-state index in [-0.39, 0.29) is 11.3 Å². The highest BCUT2D eigenvalue weighted by molar-refractivity contribution is 5.99. The SMILES string of the molecule is C[C@H](O)CCN(C)C(=O)c1ccccc1-c1nc(C(C)(C)C)no1. The molecule has 130 valence electrons. The first kappa shape index (κ1) is 18.1. The Kier molecular flexibility index (Phi) is 5.39. The molecular formula is C18H25N3O3. The van der Waals surface area contributed by atoms with Gasteiger partial charge in [-0.05, 0) is 25.5 Å². The lowest BCUT2D eigenvalue weighted by atomic mass is 9.96. The third-order valence-electron chi connectivity index (χ3n) is 3.71. The molecule has 0 aliphatic rings. The van der Waals surface area contributed by atoms with Crippen molar-refractivity contribution in [2.24, 2.45) is 0 Å². The third kappa shape index (κ3) is 4.20. The van der Waals surface area contributed by atoms with Crippen LogP contribution in [0.5, 0.6) is 0 Å². The second-order valence-corrected chi connectivity index (χ2v) is 7.08. The number of aliphatic hydroxyl groups is 1. The van der Waals surface area contributed by atoms with Crippen LogP contribution in [0.3, 0.4) is 0 Å². The fourth-order valence-electron chi connectivity index (χ4n) is 2.18. The van der Waals surface area contributed by atoms with Crippen molar-refractivity contribution in [2.75, 3.05) is 13.6 Å². The van der Waals surface area contributed by atoms with Gasteiger partial charge < -0.3 is 14.5 Å². The van der Waals surface area contributed by atoms with E-state index in [2.05, 4.69) is 10.1 Å². The fourth-order valence-corrected chi connectivity index (χ4v) is 2.18. The van der Waals surface area contributed by atoms with Gasteiger partial charge in [0.1, 0.15) is 0 Å². The van der Waals surface area contributed by atoms with Crippen LogP contribution < -0.4 is 0 Å². The van der Waals surface area contributed by atoms with Crippen LogP contribution in [0.1, 0.15) is 50.3 Å². The van der Waals surface area contributed by atoms with Crippen molar-refractivity contribution in [3.63, 3.8) is 0 Å². The number of rotatable bonds is 5. The molecule has 0 saturated heterocycles. The minimum absolute atomic E-state index is 0.137. The lowest BCUT2D eigenvalue weighted by Gasteiger charge is -2.19. The molecule has 6 nitrogen and oxygen atoms in total. The predicted molar refractivity (Wildman–Crippen MR) is 91.7 cm³/mol. The van der Waals surface area contributed by atoms with Gasteiger partial charge in [-0.1, -0.05) is 38.1 Å². The molecule has 0 fully saturated rings. The van der Waals surface area contributed by atoms with Gasteiger partial charge in [-0.2, -0.15) is 4.98 Å². The van der Waals surface area contributed by atoms with Crippen molar-refractivity contribution < 1.29 is 14.4 Å². The summed E-state index contributed by atoms with van der Waals surface area (Å²) in [7, 11) is 1.72. The molecule has 0 unspecified atom stereocenters. The Hall–Kier alpha value is -2.21. The summed E-state index contributed by atoms with van der Waals surface area (Å²) in [6.45, 7) is 8.19. The second-order valence-electron chi connectivity index (χ2n) is 7.08. The van der Waals surface area contributed by atoms with Gasteiger partial charge in [0.05, 0.1) is 17.2 Å². The Morgan fingerprint density at radius 2 is 2.00 bits per heavy atom. The topological polar surface area (TPSA) is 79.5 Å². The van der Waals surface area contributed by atoms with E-state index in [1.54, 1.807) is 37.1 Å². The number of amides is 1. The summed E-state index contributed by atoms with van der Waals surface area (Å²) in [6, 6.07) is 7.19. The molecule has 1 amide bonds. The van der Waals surface area contributed by atoms with E-state index in [4.69, 9.17) is 4.52 Å². The molecule has 2 rings (SSSR count). The normalized spacial score (nSPS) is 12.9. The van der Waals surface area contributed by atoms with Gasteiger partial charge in [0.25, 0.3) is 11.8 Å². The first-order valence-corrected chi connectivity index (χ1v) is 8.07. The summed E-state index contributed by atoms with van der Waals surface area (Å²) >= 11 is 0. The molecule has 0 saturated carbocycles. The van der Waals surface area contributed by atoms with Crippen LogP contribution in [0.15, 0.2) is 28.8 Å². The van der Waals surface area contributed by atoms with Gasteiger partial charge in [-0.25, -0.2) is 0 Å². The largest absolute Gasteiger partial charge is 0.393 e. The summed E-state index contributed by atoms with van der Waals surface area (Å²) < 4.78 is 5.37. The van der Waals surface area contributed by atoms with Crippen molar-refractivity contribution in [3.05, 3.63) is 35.7 Å². The van der Waals surface area contributed by atoms with Gasteiger partial charge in [-0.15, -0.1) is 0 Å². The highest BCUT2D eigenvalue weighted by Gasteiger charge is 2.24. The van der Waals surface area contributed by atoms with Crippen LogP contribution in [0.4, 0.5) is 0 Å². The molecule has 0 aliphatic carbocycles. The summed E-state index contributed by atoms with van der Waals surface area (Å²) in [6.07, 6.45) is 0.0832. The smallest absolute Gasteiger partial charge is 0.258 e. The van der Waals surface area contributed by atoms with Crippen molar-refractivity contribution in [1.29, 1.82) is 0 Å². The number of nitrogens with zero attached hydrogens (tertiary/aromatic N) is 3. The van der Waals surface area contributed by atoms with Crippen LogP contribution in [-0.4, -0.2) is 45.8 Å². The lowest BCUT2D eigenvalue weighted by molar-refractivity contribution is 0.0769. The minimum Gasteiger partial charge on any atom is -0.393 e. The summed E-state index contributed by atoms with van der Waals surface area (Å²) in [5.41, 5.74) is 0.901. The summed E-state index contributed by atoms with van der Waals surface area (Å²) in [5, 5.41) is 13.4. The molecule has 2 aromatic rings. The van der Waals surface area contributed by atoms with Crippen LogP contribution in [0.25, 0.3) is 11.5 Å². The maximum atomic E-state index is 12.7. The highest BCUT2D eigenvalue weighted by atomic mass is 16.5. The number of carbonyl (C=O) groups excluding carboxylic acids is 1. The zero-order valence-electron chi connectivity index (χ0n) is 14.9. The molecule has 1 aromatic heterocycles. The highest BCUT2D eigenvalue weighted by Crippen LogP contribution is 2.26. The zero-order valence-corrected chi connectivity index (χ0v) is 14.9. The molecule has 1 aromatic carbocycles. The summed E-state index contributed by atoms with van der Waals surface area (Å²) in [4.78, 5) is 18.7. The van der Waals surface area contributed by atoms with Gasteiger partial charge >= 0.3 is 0 Å². The average molecular weight is 331 g/mol. The average Bonchev–Trinajstić information content (AvgIpc) is 3.02. The number of aromatic nitrogens is 2. The molecule has 0 radical (unpaired) electrons. The Morgan fingerprint density at radius 1 is 1.33 bits per heavy atom. The van der Waals surface area contributed by atoms with Crippen LogP contribution in [0.2, 0.25) is 0 Å². The Balaban J connectivity index is 2.30. The molecular weight excluding hydrogens is 306 g/mol. The minimum atomic E-state index is -0.444. The number of hydrogen-bond acceptors (Lipinski definition) is 5. The third-order valence-corrected chi connectivity index (χ3v) is 3.71. The monoisotopic (exact) mass is 331 g/mol. The molecule has 1 N–H and O–H groups in total. The van der Waals surface area contributed by atoms with Crippen LogP contribution in [-0.2, 0) is 5.41 Å². The zero-order chi connectivity index (χ0) is 17.9. The maximum Gasteiger partial charge on any atom is 0.258 e. The molecule has 24 heavy (non-hydrogen) atoms. The molecule has 6 heteroatoms. The van der Waals surface area contributed by atoms with Gasteiger partial charge in [-0.3, -0.25) is 4.79 Å². The predicted octanol–water partition coefficient (Wildman–Crippen LogP) is 2.88. The van der Waals surface area contributed by atoms with Gasteiger partial charge in [0, 0.05) is 19.0 Å². The number of aliphatic hydroxyl groups excluding tert-OH is 1. The Morgan fingerprint density at radius 3 is 2.58 bits per heavy atom. The van der Waals surface area contributed by atoms with E-state index < -0.39 is 6.10 Å². The van der Waals surface area contributed by atoms with Gasteiger partial charge in [0.2, 0.25) is 0 Å². The molecule has 0 spiro atoms. The lowest BCUT2D eigenvalue weighted by Crippen LogP contribution is -2.29. The van der Waals surface area contributed by atoms with E-state index in [0.29, 0.717) is 35.8 Å². The second kappa shape index (κ2) is 7.13. The number of hydrogen-bond donors (Lipinski definition) is 1. The van der Waals surface area contributed by atoms with Crippen LogP contribution >= 0.6 is 0 Å². The molecule has 0 aliphatic heterocycles. The van der Waals surface area contributed by atoms with E-state index in [0.717, 1.165) is 0 Å². The molecule has 1 heterocycles. The van der Waals surface area contributed by atoms with Gasteiger partial charge in [0.15, 0.2) is 5.82 Å². The molecule has 1 atom stereocenters. The molecule has 0 bridgehead atoms. The van der Waals surface area contributed by atoms with E-state index in [1.165, 1.54) is 0 Å². The van der Waals surface area contributed by atoms with Crippen molar-refractivity contribution in [1.82, 2.24) is 15.0 Å². The Bertz CT molecular complexity index is 702. The quantitative estimate of drug-likeness (QED) is 0.911. The van der Waals surface area contributed by atoms with E-state index in [1.807, 2.05) is 26.8 Å². The van der Waals surface area contributed by atoms with Crippen molar-refractivity contribution >= 4 is 5.91 Å². The fraction of sp³-hybridized carbons (Fsp3) is 0.500. The number of benzene rings is 1. The van der Waals surface area contributed by atoms with Crippen molar-refractivity contribution in [2.45, 2.75) is 45.6 Å². The van der Waals surface area contributed by atoms with E-state index >= 15 is 0 Å². The Labute approximate surface area is 142 Å². The number of carbonyl (C=O) groups is 1. The van der Waals surface area contributed by atoms with Crippen LogP contribution in [0, 0.1) is 0 Å². The summed E-state index contributed by atoms with van der Waals surface area (Å²) in [5.74, 6) is 0.803. The maximum absolute atomic E-state index is 12.7. The standard InChI is InChI=1S/C18H25N3O3/c1-12(22)10-11-21(5)16(23)14-9-7-6-8-13(14)15-19-17(20-24-15)18(2,3)4/h6-9,12,22H,10-11H2,1-5H3/t12-/m0/s1. The first-order chi connectivity index (χ1) is 11.2. The first-order valence-electron chi connectivity index (χ1n) is 8.07. The van der Waals surface area contributed by atoms with E-state index in [9.17, 15) is 9.90 Å².